The normalized spacial score (nSPS) is 15.2. The van der Waals surface area contributed by atoms with Crippen molar-refractivity contribution in [2.45, 2.75) is 18.9 Å². The molecule has 0 spiro atoms. The predicted molar refractivity (Wildman–Crippen MR) is 51.5 cm³/mol. The average molecular weight is 176 g/mol. The summed E-state index contributed by atoms with van der Waals surface area (Å²) in [4.78, 5) is 0. The van der Waals surface area contributed by atoms with Crippen LogP contribution < -0.4 is 0 Å². The van der Waals surface area contributed by atoms with Crippen LogP contribution in [0.2, 0.25) is 0 Å². The molecule has 0 atom stereocenters. The first kappa shape index (κ1) is 8.32. The van der Waals surface area contributed by atoms with Crippen molar-refractivity contribution in [3.63, 3.8) is 0 Å². The van der Waals surface area contributed by atoms with Crippen molar-refractivity contribution < 1.29 is 9.52 Å². The zero-order valence-corrected chi connectivity index (χ0v) is 7.31. The number of aliphatic hydroxyl groups is 1. The van der Waals surface area contributed by atoms with Gasteiger partial charge < -0.3 is 9.52 Å². The van der Waals surface area contributed by atoms with Crippen LogP contribution in [-0.2, 0) is 0 Å². The maximum absolute atomic E-state index is 8.17. The molecule has 0 radical (unpaired) electrons. The minimum Gasteiger partial charge on any atom is -0.464 e. The summed E-state index contributed by atoms with van der Waals surface area (Å²) in [7, 11) is 0. The Bertz CT molecular complexity index is 344. The Balaban J connectivity index is 0.000000137. The van der Waals surface area contributed by atoms with Crippen LogP contribution in [0, 0.1) is 0 Å². The van der Waals surface area contributed by atoms with E-state index in [0.29, 0.717) is 0 Å². The van der Waals surface area contributed by atoms with E-state index in [1.54, 1.807) is 6.26 Å². The third-order valence-electron chi connectivity index (χ3n) is 1.91. The van der Waals surface area contributed by atoms with Crippen molar-refractivity contribution in [1.82, 2.24) is 0 Å². The van der Waals surface area contributed by atoms with E-state index in [2.05, 4.69) is 0 Å². The molecule has 2 aromatic rings. The fraction of sp³-hybridized carbons (Fsp3) is 0.273. The van der Waals surface area contributed by atoms with E-state index in [4.69, 9.17) is 9.52 Å². The minimum atomic E-state index is 0.0833. The molecular weight excluding hydrogens is 164 g/mol. The van der Waals surface area contributed by atoms with Gasteiger partial charge in [0.25, 0.3) is 0 Å². The van der Waals surface area contributed by atoms with E-state index < -0.39 is 0 Å². The highest BCUT2D eigenvalue weighted by Crippen LogP contribution is 2.17. The zero-order valence-electron chi connectivity index (χ0n) is 7.31. The number of hydrogen-bond donors (Lipinski definition) is 1. The predicted octanol–water partition coefficient (Wildman–Crippen LogP) is 2.57. The quantitative estimate of drug-likeness (QED) is 0.669. The number of rotatable bonds is 0. The van der Waals surface area contributed by atoms with Crippen molar-refractivity contribution in [3.05, 3.63) is 36.6 Å². The molecule has 1 aliphatic rings. The molecule has 1 N–H and O–H groups in total. The van der Waals surface area contributed by atoms with E-state index in [1.807, 2.05) is 30.3 Å². The number of furan rings is 1. The number of aliphatic hydroxyl groups excluding tert-OH is 1. The van der Waals surface area contributed by atoms with Gasteiger partial charge in [0.1, 0.15) is 5.58 Å². The third-order valence-corrected chi connectivity index (χ3v) is 1.91. The summed E-state index contributed by atoms with van der Waals surface area (Å²) in [6.45, 7) is 0. The Labute approximate surface area is 76.8 Å². The smallest absolute Gasteiger partial charge is 0.133 e. The Morgan fingerprint density at radius 1 is 1.15 bits per heavy atom. The van der Waals surface area contributed by atoms with Crippen LogP contribution in [0.3, 0.4) is 0 Å². The average Bonchev–Trinajstić information content (AvgIpc) is 2.82. The van der Waals surface area contributed by atoms with Crippen LogP contribution in [-0.4, -0.2) is 11.2 Å². The SMILES string of the molecule is OC1CC1.c1ccc2occc2c1. The Kier molecular flexibility index (Phi) is 2.32. The van der Waals surface area contributed by atoms with Crippen LogP contribution >= 0.6 is 0 Å². The largest absolute Gasteiger partial charge is 0.464 e. The van der Waals surface area contributed by atoms with Gasteiger partial charge in [-0.3, -0.25) is 0 Å². The Morgan fingerprint density at radius 2 is 1.85 bits per heavy atom. The number of para-hydroxylation sites is 1. The van der Waals surface area contributed by atoms with Gasteiger partial charge >= 0.3 is 0 Å². The molecule has 13 heavy (non-hydrogen) atoms. The van der Waals surface area contributed by atoms with Crippen molar-refractivity contribution in [1.29, 1.82) is 0 Å². The maximum atomic E-state index is 8.17. The lowest BCUT2D eigenvalue weighted by atomic mass is 10.3. The zero-order chi connectivity index (χ0) is 9.10. The lowest BCUT2D eigenvalue weighted by Crippen LogP contribution is -1.65. The van der Waals surface area contributed by atoms with Gasteiger partial charge in [0, 0.05) is 5.39 Å². The monoisotopic (exact) mass is 176 g/mol. The van der Waals surface area contributed by atoms with E-state index >= 15 is 0 Å². The molecule has 2 nitrogen and oxygen atoms in total. The molecule has 0 amide bonds. The highest BCUT2D eigenvalue weighted by Gasteiger charge is 2.15. The molecule has 1 heterocycles. The summed E-state index contributed by atoms with van der Waals surface area (Å²) in [5.74, 6) is 0. The van der Waals surface area contributed by atoms with Crippen molar-refractivity contribution in [3.8, 4) is 0 Å². The molecule has 68 valence electrons. The summed E-state index contributed by atoms with van der Waals surface area (Å²) < 4.78 is 5.12. The molecule has 1 fully saturated rings. The second-order valence-electron chi connectivity index (χ2n) is 3.19. The summed E-state index contributed by atoms with van der Waals surface area (Å²) in [5.41, 5.74) is 0.956. The van der Waals surface area contributed by atoms with Gasteiger partial charge in [0.2, 0.25) is 0 Å². The molecule has 1 aromatic heterocycles. The molecular formula is C11H12O2. The van der Waals surface area contributed by atoms with E-state index in [0.717, 1.165) is 23.8 Å². The molecule has 2 heteroatoms. The molecule has 0 saturated heterocycles. The van der Waals surface area contributed by atoms with E-state index in [1.165, 1.54) is 0 Å². The fourth-order valence-electron chi connectivity index (χ4n) is 0.981. The van der Waals surface area contributed by atoms with Gasteiger partial charge in [-0.1, -0.05) is 18.2 Å². The first-order valence-corrected chi connectivity index (χ1v) is 4.46. The Hall–Kier alpha value is -1.28. The molecule has 1 aliphatic carbocycles. The summed E-state index contributed by atoms with van der Waals surface area (Å²) in [6.07, 6.45) is 3.87. The van der Waals surface area contributed by atoms with E-state index in [9.17, 15) is 0 Å². The van der Waals surface area contributed by atoms with Gasteiger partial charge in [0.15, 0.2) is 0 Å². The van der Waals surface area contributed by atoms with Crippen LogP contribution in [0.5, 0.6) is 0 Å². The highest BCUT2D eigenvalue weighted by molar-refractivity contribution is 5.76. The van der Waals surface area contributed by atoms with Crippen LogP contribution in [0.25, 0.3) is 11.0 Å². The van der Waals surface area contributed by atoms with Gasteiger partial charge in [-0.2, -0.15) is 0 Å². The van der Waals surface area contributed by atoms with Gasteiger partial charge in [-0.25, -0.2) is 0 Å². The van der Waals surface area contributed by atoms with Crippen molar-refractivity contribution >= 4 is 11.0 Å². The van der Waals surface area contributed by atoms with Gasteiger partial charge in [-0.05, 0) is 25.0 Å². The standard InChI is InChI=1S/C8H6O.C3H6O/c1-2-4-8-7(3-1)5-6-9-8;4-3-1-2-3/h1-6H;3-4H,1-2H2. The number of fused-ring (bicyclic) bond motifs is 1. The van der Waals surface area contributed by atoms with Crippen molar-refractivity contribution in [2.24, 2.45) is 0 Å². The lowest BCUT2D eigenvalue weighted by molar-refractivity contribution is 0.279. The summed E-state index contributed by atoms with van der Waals surface area (Å²) >= 11 is 0. The van der Waals surface area contributed by atoms with Crippen LogP contribution in [0.4, 0.5) is 0 Å². The van der Waals surface area contributed by atoms with Gasteiger partial charge in [0.05, 0.1) is 12.4 Å². The van der Waals surface area contributed by atoms with E-state index in [-0.39, 0.29) is 6.10 Å². The fourth-order valence-corrected chi connectivity index (χ4v) is 0.981. The maximum Gasteiger partial charge on any atom is 0.133 e. The topological polar surface area (TPSA) is 33.4 Å². The Morgan fingerprint density at radius 3 is 2.46 bits per heavy atom. The third kappa shape index (κ3) is 2.33. The minimum absolute atomic E-state index is 0.0833. The van der Waals surface area contributed by atoms with Crippen LogP contribution in [0.1, 0.15) is 12.8 Å². The van der Waals surface area contributed by atoms with Crippen LogP contribution in [0.15, 0.2) is 41.0 Å². The molecule has 1 saturated carbocycles. The van der Waals surface area contributed by atoms with Gasteiger partial charge in [-0.15, -0.1) is 0 Å². The van der Waals surface area contributed by atoms with Crippen molar-refractivity contribution in [2.75, 3.05) is 0 Å². The second-order valence-corrected chi connectivity index (χ2v) is 3.19. The second kappa shape index (κ2) is 3.62. The molecule has 0 unspecified atom stereocenters. The summed E-state index contributed by atoms with van der Waals surface area (Å²) in [6, 6.07) is 9.90. The summed E-state index contributed by atoms with van der Waals surface area (Å²) in [5, 5.41) is 9.33. The molecule has 3 rings (SSSR count). The first-order chi connectivity index (χ1) is 6.36. The number of hydrogen-bond acceptors (Lipinski definition) is 2. The molecule has 1 aromatic carbocycles. The number of benzene rings is 1. The first-order valence-electron chi connectivity index (χ1n) is 4.46. The molecule has 0 bridgehead atoms. The molecule has 0 aliphatic heterocycles. The lowest BCUT2D eigenvalue weighted by Gasteiger charge is -1.81. The highest BCUT2D eigenvalue weighted by atomic mass is 16.3.